The number of nitrogens with zero attached hydrogens (tertiary/aromatic N) is 4. The molecule has 1 amide bonds. The zero-order valence-electron chi connectivity index (χ0n) is 16.9. The van der Waals surface area contributed by atoms with Gasteiger partial charge in [0, 0.05) is 25.8 Å². The second-order valence-corrected chi connectivity index (χ2v) is 8.89. The Morgan fingerprint density at radius 2 is 2.10 bits per heavy atom. The van der Waals surface area contributed by atoms with Gasteiger partial charge in [0.1, 0.15) is 20.0 Å². The predicted molar refractivity (Wildman–Crippen MR) is 109 cm³/mol. The smallest absolute Gasteiger partial charge is 0.256 e. The van der Waals surface area contributed by atoms with Crippen molar-refractivity contribution in [2.45, 2.75) is 24.9 Å². The summed E-state index contributed by atoms with van der Waals surface area (Å²) >= 11 is 0. The van der Waals surface area contributed by atoms with Crippen LogP contribution >= 0.6 is 7.60 Å². The summed E-state index contributed by atoms with van der Waals surface area (Å²) in [5.41, 5.74) is 1.32. The third-order valence-corrected chi connectivity index (χ3v) is 5.46. The highest BCUT2D eigenvalue weighted by molar-refractivity contribution is 7.50. The van der Waals surface area contributed by atoms with Gasteiger partial charge in [-0.15, -0.1) is 0 Å². The van der Waals surface area contributed by atoms with E-state index in [0.717, 1.165) is 6.66 Å². The normalized spacial score (nSPS) is 23.0. The molecule has 4 atom stereocenters. The fraction of sp³-hybridized carbons (Fsp3) is 0.368. The minimum Gasteiger partial charge on any atom is -0.779 e. The average molecular weight is 446 g/mol. The number of methoxy groups -OCH3 is 1. The number of benzene rings is 1. The molecule has 1 aliphatic heterocycles. The van der Waals surface area contributed by atoms with Gasteiger partial charge in [0.15, 0.2) is 23.2 Å². The van der Waals surface area contributed by atoms with Gasteiger partial charge in [0.05, 0.1) is 19.0 Å². The number of carbonyl (C=O) groups excluding carboxylic acids is 1. The predicted octanol–water partition coefficient (Wildman–Crippen LogP) is 1.58. The molecule has 11 nitrogen and oxygen atoms in total. The number of fused-ring (bicyclic) bond motifs is 1. The summed E-state index contributed by atoms with van der Waals surface area (Å²) in [4.78, 5) is 36.6. The van der Waals surface area contributed by atoms with Crippen molar-refractivity contribution >= 4 is 30.5 Å². The number of imidazole rings is 1. The van der Waals surface area contributed by atoms with E-state index in [9.17, 15) is 14.3 Å². The van der Waals surface area contributed by atoms with Gasteiger partial charge in [0.2, 0.25) is 0 Å². The number of nitrogens with one attached hydrogen (secondary N) is 1. The molecule has 2 unspecified atom stereocenters. The number of hydrogen-bond donors (Lipinski definition) is 1. The number of amides is 1. The van der Waals surface area contributed by atoms with E-state index in [0.29, 0.717) is 23.1 Å². The molecule has 0 bridgehead atoms. The van der Waals surface area contributed by atoms with E-state index in [-0.39, 0.29) is 24.4 Å². The second kappa shape index (κ2) is 8.81. The molecule has 0 aliphatic carbocycles. The summed E-state index contributed by atoms with van der Waals surface area (Å²) in [5.74, 6) is -0.0522. The minimum atomic E-state index is -3.86. The van der Waals surface area contributed by atoms with Crippen LogP contribution < -0.4 is 10.2 Å². The Morgan fingerprint density at radius 3 is 2.81 bits per heavy atom. The Labute approximate surface area is 177 Å². The first-order chi connectivity index (χ1) is 14.9. The zero-order valence-corrected chi connectivity index (χ0v) is 17.8. The molecule has 31 heavy (non-hydrogen) atoms. The van der Waals surface area contributed by atoms with Crippen molar-refractivity contribution in [1.29, 1.82) is 0 Å². The highest BCUT2D eigenvalue weighted by Gasteiger charge is 2.38. The van der Waals surface area contributed by atoms with Crippen molar-refractivity contribution in [3.8, 4) is 0 Å². The lowest BCUT2D eigenvalue weighted by molar-refractivity contribution is -0.199. The van der Waals surface area contributed by atoms with Crippen molar-refractivity contribution in [1.82, 2.24) is 19.5 Å². The van der Waals surface area contributed by atoms with Crippen LogP contribution in [0.3, 0.4) is 0 Å². The molecular weight excluding hydrogens is 425 g/mol. The number of hydrogen-bond acceptors (Lipinski definition) is 9. The summed E-state index contributed by atoms with van der Waals surface area (Å²) in [6.07, 6.45) is 1.83. The van der Waals surface area contributed by atoms with E-state index in [2.05, 4.69) is 20.3 Å². The van der Waals surface area contributed by atoms with Gasteiger partial charge in [-0.2, -0.15) is 0 Å². The van der Waals surface area contributed by atoms with Crippen LogP contribution in [0.1, 0.15) is 23.0 Å². The monoisotopic (exact) mass is 446 g/mol. The van der Waals surface area contributed by atoms with E-state index < -0.39 is 19.9 Å². The third-order valence-electron chi connectivity index (χ3n) is 4.84. The van der Waals surface area contributed by atoms with Gasteiger partial charge in [-0.3, -0.25) is 9.36 Å². The molecular formula is C19H21N5O6P-. The molecule has 4 rings (SSSR count). The van der Waals surface area contributed by atoms with Crippen LogP contribution in [-0.2, 0) is 18.6 Å². The van der Waals surface area contributed by atoms with Crippen LogP contribution in [0.2, 0.25) is 0 Å². The minimum absolute atomic E-state index is 0.104. The summed E-state index contributed by atoms with van der Waals surface area (Å²) in [6, 6.07) is 8.75. The van der Waals surface area contributed by atoms with Crippen molar-refractivity contribution in [2.24, 2.45) is 0 Å². The molecule has 1 aromatic carbocycles. The molecule has 0 radical (unpaired) electrons. The van der Waals surface area contributed by atoms with Crippen LogP contribution in [0.4, 0.5) is 5.82 Å². The lowest BCUT2D eigenvalue weighted by Gasteiger charge is -2.21. The molecule has 3 heterocycles. The fourth-order valence-corrected chi connectivity index (χ4v) is 3.83. The number of aromatic nitrogens is 4. The van der Waals surface area contributed by atoms with E-state index in [1.165, 1.54) is 12.7 Å². The first-order valence-corrected chi connectivity index (χ1v) is 11.5. The summed E-state index contributed by atoms with van der Waals surface area (Å²) < 4.78 is 29.4. The largest absolute Gasteiger partial charge is 0.779 e. The third kappa shape index (κ3) is 4.81. The lowest BCUT2D eigenvalue weighted by atomic mass is 10.2. The molecule has 1 N–H and O–H groups in total. The van der Waals surface area contributed by atoms with Gasteiger partial charge in [-0.1, -0.05) is 18.2 Å². The molecule has 12 heteroatoms. The van der Waals surface area contributed by atoms with Crippen LogP contribution in [0, 0.1) is 0 Å². The van der Waals surface area contributed by atoms with Gasteiger partial charge < -0.3 is 28.8 Å². The van der Waals surface area contributed by atoms with Crippen LogP contribution in [0.15, 0.2) is 43.0 Å². The number of carbonyl (C=O) groups is 1. The lowest BCUT2D eigenvalue weighted by Crippen LogP contribution is -2.21. The Bertz CT molecular complexity index is 1120. The van der Waals surface area contributed by atoms with Crippen LogP contribution in [0.25, 0.3) is 11.2 Å². The average Bonchev–Trinajstić information content (AvgIpc) is 3.36. The topological polar surface area (TPSA) is 141 Å². The zero-order chi connectivity index (χ0) is 22.0. The highest BCUT2D eigenvalue weighted by atomic mass is 31.2. The maximum atomic E-state index is 12.5. The first kappa shape index (κ1) is 21.5. The first-order valence-electron chi connectivity index (χ1n) is 9.51. The van der Waals surface area contributed by atoms with Gasteiger partial charge >= 0.3 is 0 Å². The van der Waals surface area contributed by atoms with Gasteiger partial charge in [0.25, 0.3) is 5.91 Å². The van der Waals surface area contributed by atoms with Crippen LogP contribution in [-0.4, -0.2) is 58.0 Å². The maximum Gasteiger partial charge on any atom is 0.256 e. The van der Waals surface area contributed by atoms with Crippen molar-refractivity contribution in [3.05, 3.63) is 48.5 Å². The van der Waals surface area contributed by atoms with Crippen molar-refractivity contribution < 1.29 is 28.3 Å². The fourth-order valence-electron chi connectivity index (χ4n) is 3.40. The number of rotatable bonds is 7. The molecule has 0 saturated carbocycles. The molecule has 1 aliphatic rings. The Balaban J connectivity index is 1.57. The summed E-state index contributed by atoms with van der Waals surface area (Å²) in [7, 11) is -2.32. The quantitative estimate of drug-likeness (QED) is 0.536. The van der Waals surface area contributed by atoms with E-state index >= 15 is 0 Å². The molecule has 3 aromatic rings. The molecule has 2 aromatic heterocycles. The van der Waals surface area contributed by atoms with Crippen LogP contribution in [0.5, 0.6) is 0 Å². The molecule has 1 fully saturated rings. The molecule has 1 saturated heterocycles. The van der Waals surface area contributed by atoms with E-state index in [4.69, 9.17) is 14.0 Å². The summed E-state index contributed by atoms with van der Waals surface area (Å²) in [6.45, 7) is 0.909. The molecule has 0 spiro atoms. The van der Waals surface area contributed by atoms with E-state index in [1.54, 1.807) is 35.9 Å². The van der Waals surface area contributed by atoms with Gasteiger partial charge in [-0.25, -0.2) is 15.0 Å². The second-order valence-electron chi connectivity index (χ2n) is 7.09. The van der Waals surface area contributed by atoms with Crippen molar-refractivity contribution in [3.63, 3.8) is 0 Å². The van der Waals surface area contributed by atoms with E-state index in [1.807, 2.05) is 6.07 Å². The molecule has 164 valence electrons. The highest BCUT2D eigenvalue weighted by Crippen LogP contribution is 2.37. The van der Waals surface area contributed by atoms with Gasteiger partial charge in [-0.05, 0) is 12.1 Å². The summed E-state index contributed by atoms with van der Waals surface area (Å²) in [5, 5.41) is 2.75. The Kier molecular flexibility index (Phi) is 6.12. The Morgan fingerprint density at radius 1 is 1.32 bits per heavy atom. The number of anilines is 1. The maximum absolute atomic E-state index is 12.5. The standard InChI is InChI=1S/C19H22N5O6P/c1-28-14-8-13(9-29-31(2,26)27)30-19(14)24-11-22-15-16(20-10-21-17(15)24)23-18(25)12-6-4-3-5-7-12/h3-7,10-11,13-14,19H,8-9H2,1-2H3,(H,26,27)(H,20,21,23,25)/p-1/t13-,14?,19+/m0/s1. The SMILES string of the molecule is COC1C[C@@H](COP(C)(=O)[O-])O[C@H]1n1cnc2c(NC(=O)c3ccccc3)ncnc21. The van der Waals surface area contributed by atoms with Crippen molar-refractivity contribution in [2.75, 3.05) is 25.7 Å². The Hall–Kier alpha value is -2.69. The number of ether oxygens (including phenoxy) is 2.